The average molecular weight is 329 g/mol. The molecule has 2 aromatic rings. The number of nitrogens with one attached hydrogen (secondary N) is 2. The summed E-state index contributed by atoms with van der Waals surface area (Å²) in [5.41, 5.74) is 5.51. The van der Waals surface area contributed by atoms with E-state index in [4.69, 9.17) is 10.5 Å². The van der Waals surface area contributed by atoms with Crippen LogP contribution >= 0.6 is 0 Å². The molecule has 126 valence electrons. The van der Waals surface area contributed by atoms with Gasteiger partial charge in [0.15, 0.2) is 6.10 Å². The SMILES string of the molecule is C[C@@H](OC(=O)CCNC(N)=O)C(=O)Nc1ccc2ccccc2c1. The first-order valence-corrected chi connectivity index (χ1v) is 7.48. The number of rotatable bonds is 6. The Morgan fingerprint density at radius 3 is 2.54 bits per heavy atom. The van der Waals surface area contributed by atoms with E-state index in [9.17, 15) is 14.4 Å². The van der Waals surface area contributed by atoms with E-state index in [0.717, 1.165) is 10.8 Å². The van der Waals surface area contributed by atoms with Crippen molar-refractivity contribution in [3.05, 3.63) is 42.5 Å². The number of esters is 1. The third-order valence-electron chi connectivity index (χ3n) is 3.32. The third-order valence-corrected chi connectivity index (χ3v) is 3.32. The van der Waals surface area contributed by atoms with Crippen molar-refractivity contribution in [1.29, 1.82) is 0 Å². The second-order valence-electron chi connectivity index (χ2n) is 5.22. The van der Waals surface area contributed by atoms with Crippen LogP contribution in [0, 0.1) is 0 Å². The van der Waals surface area contributed by atoms with E-state index in [1.165, 1.54) is 6.92 Å². The molecule has 0 saturated heterocycles. The fourth-order valence-electron chi connectivity index (χ4n) is 2.11. The number of hydrogen-bond acceptors (Lipinski definition) is 4. The molecular formula is C17H19N3O4. The summed E-state index contributed by atoms with van der Waals surface area (Å²) >= 11 is 0. The molecule has 0 radical (unpaired) electrons. The maximum Gasteiger partial charge on any atom is 0.312 e. The zero-order valence-corrected chi connectivity index (χ0v) is 13.2. The number of hydrogen-bond donors (Lipinski definition) is 3. The Hall–Kier alpha value is -3.09. The molecule has 0 unspecified atom stereocenters. The van der Waals surface area contributed by atoms with E-state index in [0.29, 0.717) is 5.69 Å². The van der Waals surface area contributed by atoms with Gasteiger partial charge in [-0.05, 0) is 29.8 Å². The molecule has 0 aromatic heterocycles. The summed E-state index contributed by atoms with van der Waals surface area (Å²) in [6, 6.07) is 12.6. The van der Waals surface area contributed by atoms with Gasteiger partial charge >= 0.3 is 12.0 Å². The summed E-state index contributed by atoms with van der Waals surface area (Å²) in [6.07, 6.45) is -1.01. The van der Waals surface area contributed by atoms with Gasteiger partial charge in [-0.1, -0.05) is 30.3 Å². The molecule has 4 N–H and O–H groups in total. The summed E-state index contributed by atoms with van der Waals surface area (Å²) in [5.74, 6) is -1.02. The van der Waals surface area contributed by atoms with Crippen molar-refractivity contribution in [2.24, 2.45) is 5.73 Å². The van der Waals surface area contributed by atoms with E-state index in [1.807, 2.05) is 36.4 Å². The number of carbonyl (C=O) groups excluding carboxylic acids is 3. The van der Waals surface area contributed by atoms with Gasteiger partial charge in [-0.3, -0.25) is 9.59 Å². The molecule has 2 rings (SSSR count). The van der Waals surface area contributed by atoms with Crippen molar-refractivity contribution in [1.82, 2.24) is 5.32 Å². The zero-order chi connectivity index (χ0) is 17.5. The Balaban J connectivity index is 1.88. The van der Waals surface area contributed by atoms with Crippen LogP contribution < -0.4 is 16.4 Å². The first-order chi connectivity index (χ1) is 11.5. The quantitative estimate of drug-likeness (QED) is 0.701. The predicted molar refractivity (Wildman–Crippen MR) is 90.3 cm³/mol. The van der Waals surface area contributed by atoms with Gasteiger partial charge in [0, 0.05) is 12.2 Å². The molecule has 0 aliphatic rings. The van der Waals surface area contributed by atoms with Gasteiger partial charge in [-0.15, -0.1) is 0 Å². The van der Waals surface area contributed by atoms with E-state index >= 15 is 0 Å². The van der Waals surface area contributed by atoms with E-state index in [2.05, 4.69) is 10.6 Å². The number of ether oxygens (including phenoxy) is 1. The van der Waals surface area contributed by atoms with Gasteiger partial charge in [-0.2, -0.15) is 0 Å². The minimum Gasteiger partial charge on any atom is -0.452 e. The lowest BCUT2D eigenvalue weighted by atomic mass is 10.1. The van der Waals surface area contributed by atoms with E-state index in [1.54, 1.807) is 6.07 Å². The molecule has 24 heavy (non-hydrogen) atoms. The normalized spacial score (nSPS) is 11.5. The largest absolute Gasteiger partial charge is 0.452 e. The second-order valence-corrected chi connectivity index (χ2v) is 5.22. The van der Waals surface area contributed by atoms with Gasteiger partial charge in [0.1, 0.15) is 0 Å². The summed E-state index contributed by atoms with van der Waals surface area (Å²) in [5, 5.41) is 7.05. The van der Waals surface area contributed by atoms with Crippen molar-refractivity contribution in [3.63, 3.8) is 0 Å². The lowest BCUT2D eigenvalue weighted by molar-refractivity contribution is -0.153. The number of amides is 3. The highest BCUT2D eigenvalue weighted by atomic mass is 16.5. The fourth-order valence-corrected chi connectivity index (χ4v) is 2.11. The lowest BCUT2D eigenvalue weighted by Crippen LogP contribution is -2.33. The van der Waals surface area contributed by atoms with Crippen LogP contribution in [0.5, 0.6) is 0 Å². The summed E-state index contributed by atoms with van der Waals surface area (Å²) in [7, 11) is 0. The zero-order valence-electron chi connectivity index (χ0n) is 13.2. The van der Waals surface area contributed by atoms with Crippen molar-refractivity contribution in [2.45, 2.75) is 19.4 Å². The molecule has 0 fully saturated rings. The number of benzene rings is 2. The minimum absolute atomic E-state index is 0.0590. The molecule has 0 heterocycles. The molecule has 2 aromatic carbocycles. The van der Waals surface area contributed by atoms with Crippen molar-refractivity contribution in [2.75, 3.05) is 11.9 Å². The van der Waals surface area contributed by atoms with Crippen LogP contribution in [0.15, 0.2) is 42.5 Å². The maximum absolute atomic E-state index is 12.1. The Kier molecular flexibility index (Phi) is 5.73. The highest BCUT2D eigenvalue weighted by Gasteiger charge is 2.17. The second kappa shape index (κ2) is 7.96. The average Bonchev–Trinajstić information content (AvgIpc) is 2.54. The summed E-state index contributed by atoms with van der Waals surface area (Å²) in [6.45, 7) is 1.54. The smallest absolute Gasteiger partial charge is 0.312 e. The standard InChI is InChI=1S/C17H19N3O4/c1-11(24-15(21)8-9-19-17(18)23)16(22)20-14-7-6-12-4-2-3-5-13(12)10-14/h2-7,10-11H,8-9H2,1H3,(H,20,22)(H3,18,19,23)/t11-/m1/s1. The number of primary amides is 1. The fraction of sp³-hybridized carbons (Fsp3) is 0.235. The van der Waals surface area contributed by atoms with Gasteiger partial charge in [0.2, 0.25) is 0 Å². The lowest BCUT2D eigenvalue weighted by Gasteiger charge is -2.14. The molecular weight excluding hydrogens is 310 g/mol. The Morgan fingerprint density at radius 2 is 1.83 bits per heavy atom. The monoisotopic (exact) mass is 329 g/mol. The van der Waals surface area contributed by atoms with Gasteiger partial charge in [0.25, 0.3) is 5.91 Å². The van der Waals surface area contributed by atoms with Crippen LogP contribution in [0.1, 0.15) is 13.3 Å². The number of carbonyl (C=O) groups is 3. The van der Waals surface area contributed by atoms with Crippen LogP contribution in [0.25, 0.3) is 10.8 Å². The van der Waals surface area contributed by atoms with Crippen LogP contribution in [-0.4, -0.2) is 30.6 Å². The molecule has 0 spiro atoms. The predicted octanol–water partition coefficient (Wildman–Crippen LogP) is 1.77. The third kappa shape index (κ3) is 4.98. The topological polar surface area (TPSA) is 111 Å². The Labute approximate surface area is 139 Å². The maximum atomic E-state index is 12.1. The minimum atomic E-state index is -0.947. The number of nitrogens with two attached hydrogens (primary N) is 1. The number of urea groups is 1. The van der Waals surface area contributed by atoms with Crippen LogP contribution in [0.4, 0.5) is 10.5 Å². The van der Waals surface area contributed by atoms with E-state index < -0.39 is 24.0 Å². The van der Waals surface area contributed by atoms with Gasteiger partial charge < -0.3 is 21.1 Å². The number of fused-ring (bicyclic) bond motifs is 1. The number of anilines is 1. The molecule has 0 bridgehead atoms. The summed E-state index contributed by atoms with van der Waals surface area (Å²) < 4.78 is 5.01. The van der Waals surface area contributed by atoms with Crippen molar-refractivity contribution >= 4 is 34.4 Å². The van der Waals surface area contributed by atoms with E-state index in [-0.39, 0.29) is 13.0 Å². The highest BCUT2D eigenvalue weighted by molar-refractivity contribution is 5.97. The van der Waals surface area contributed by atoms with Gasteiger partial charge in [0.05, 0.1) is 6.42 Å². The van der Waals surface area contributed by atoms with Crippen LogP contribution in [0.3, 0.4) is 0 Å². The Morgan fingerprint density at radius 1 is 1.12 bits per heavy atom. The van der Waals surface area contributed by atoms with Crippen molar-refractivity contribution < 1.29 is 19.1 Å². The molecule has 0 aliphatic carbocycles. The first kappa shape index (κ1) is 17.3. The molecule has 7 heteroatoms. The van der Waals surface area contributed by atoms with Crippen LogP contribution in [-0.2, 0) is 14.3 Å². The Bertz CT molecular complexity index is 760. The molecule has 1 atom stereocenters. The molecule has 0 saturated carbocycles. The molecule has 7 nitrogen and oxygen atoms in total. The van der Waals surface area contributed by atoms with Gasteiger partial charge in [-0.25, -0.2) is 4.79 Å². The molecule has 0 aliphatic heterocycles. The molecule has 3 amide bonds. The van der Waals surface area contributed by atoms with Crippen molar-refractivity contribution in [3.8, 4) is 0 Å². The van der Waals surface area contributed by atoms with Crippen LogP contribution in [0.2, 0.25) is 0 Å². The first-order valence-electron chi connectivity index (χ1n) is 7.48. The summed E-state index contributed by atoms with van der Waals surface area (Å²) in [4.78, 5) is 34.2. The highest BCUT2D eigenvalue weighted by Crippen LogP contribution is 2.19.